The van der Waals surface area contributed by atoms with Crippen molar-refractivity contribution in [1.29, 1.82) is 0 Å². The number of benzene rings is 4. The molecule has 0 radical (unpaired) electrons. The van der Waals surface area contributed by atoms with E-state index >= 15 is 0 Å². The Labute approximate surface area is 311 Å². The molecule has 3 N–H and O–H groups in total. The number of esters is 1. The summed E-state index contributed by atoms with van der Waals surface area (Å²) in [5.74, 6) is 1.04. The molecule has 6 rings (SSSR count). The number of hydrogen-bond donors (Lipinski definition) is 3. The van der Waals surface area contributed by atoms with Crippen LogP contribution in [0, 0.1) is 5.92 Å². The van der Waals surface area contributed by atoms with Gasteiger partial charge in [0, 0.05) is 37.7 Å². The molecule has 2 amide bonds. The van der Waals surface area contributed by atoms with E-state index in [-0.39, 0.29) is 44.4 Å². The molecule has 1 fully saturated rings. The van der Waals surface area contributed by atoms with Crippen molar-refractivity contribution < 1.29 is 38.4 Å². The maximum Gasteiger partial charge on any atom is 0.325 e. The van der Waals surface area contributed by atoms with E-state index in [0.717, 1.165) is 70.9 Å². The molecule has 0 spiro atoms. The van der Waals surface area contributed by atoms with Gasteiger partial charge in [-0.15, -0.1) is 0 Å². The predicted octanol–water partition coefficient (Wildman–Crippen LogP) is 6.08. The smallest absolute Gasteiger partial charge is 0.325 e. The molecule has 4 aromatic rings. The summed E-state index contributed by atoms with van der Waals surface area (Å²) in [6.07, 6.45) is -0.0533. The van der Waals surface area contributed by atoms with Crippen LogP contribution in [-0.4, -0.2) is 68.6 Å². The van der Waals surface area contributed by atoms with Gasteiger partial charge in [0.25, 0.3) is 0 Å². The predicted molar refractivity (Wildman–Crippen MR) is 200 cm³/mol. The monoisotopic (exact) mass is 723 g/mol. The van der Waals surface area contributed by atoms with Crippen molar-refractivity contribution in [2.75, 3.05) is 40.5 Å². The van der Waals surface area contributed by atoms with Crippen LogP contribution in [0.4, 0.5) is 4.79 Å². The molecular weight excluding hydrogens is 674 g/mol. The van der Waals surface area contributed by atoms with Crippen molar-refractivity contribution in [2.24, 2.45) is 5.92 Å². The Kier molecular flexibility index (Phi) is 12.6. The van der Waals surface area contributed by atoms with Crippen LogP contribution in [-0.2, 0) is 45.1 Å². The molecule has 0 aliphatic carbocycles. The maximum atomic E-state index is 12.4. The SMILES string of the molecule is CCOC(=O)CNC(=O)NCc1ccccc1-c1ccc([C@@H]2O[C@H](CN3CCc4cc(OC)c(OC)cc4C3)[C@H](C)[C@H](c3ccc(CO)cc3)O2)cc1. The minimum atomic E-state index is -0.603. The van der Waals surface area contributed by atoms with Gasteiger partial charge in [0.2, 0.25) is 0 Å². The third-order valence-corrected chi connectivity index (χ3v) is 10.0. The number of nitrogens with zero attached hydrogens (tertiary/aromatic N) is 1. The zero-order valence-electron chi connectivity index (χ0n) is 30.8. The first-order valence-electron chi connectivity index (χ1n) is 18.1. The average Bonchev–Trinajstić information content (AvgIpc) is 3.19. The van der Waals surface area contributed by atoms with Crippen molar-refractivity contribution in [3.8, 4) is 22.6 Å². The van der Waals surface area contributed by atoms with Crippen LogP contribution in [0.25, 0.3) is 11.1 Å². The summed E-state index contributed by atoms with van der Waals surface area (Å²) in [5, 5.41) is 15.0. The molecular formula is C42H49N3O8. The lowest BCUT2D eigenvalue weighted by atomic mass is 9.89. The molecule has 1 saturated heterocycles. The zero-order chi connectivity index (χ0) is 37.3. The van der Waals surface area contributed by atoms with Crippen LogP contribution in [0.3, 0.4) is 0 Å². The lowest BCUT2D eigenvalue weighted by Gasteiger charge is -2.43. The van der Waals surface area contributed by atoms with E-state index in [0.29, 0.717) is 0 Å². The van der Waals surface area contributed by atoms with Gasteiger partial charge in [-0.3, -0.25) is 9.69 Å². The average molecular weight is 724 g/mol. The Bertz CT molecular complexity index is 1850. The second-order valence-electron chi connectivity index (χ2n) is 13.4. The number of aliphatic hydroxyl groups is 1. The fourth-order valence-electron chi connectivity index (χ4n) is 7.06. The fraction of sp³-hybridized carbons (Fsp3) is 0.381. The molecule has 4 atom stereocenters. The largest absolute Gasteiger partial charge is 0.493 e. The molecule has 11 nitrogen and oxygen atoms in total. The first-order chi connectivity index (χ1) is 25.8. The third kappa shape index (κ3) is 9.17. The topological polar surface area (TPSA) is 128 Å². The molecule has 280 valence electrons. The highest BCUT2D eigenvalue weighted by atomic mass is 16.7. The summed E-state index contributed by atoms with van der Waals surface area (Å²) in [6, 6.07) is 27.7. The minimum Gasteiger partial charge on any atom is -0.493 e. The maximum absolute atomic E-state index is 12.4. The van der Waals surface area contributed by atoms with Gasteiger partial charge in [-0.1, -0.05) is 79.7 Å². The van der Waals surface area contributed by atoms with Gasteiger partial charge in [-0.2, -0.15) is 0 Å². The summed E-state index contributed by atoms with van der Waals surface area (Å²) in [6.45, 7) is 6.63. The molecule has 11 heteroatoms. The Morgan fingerprint density at radius 2 is 1.58 bits per heavy atom. The van der Waals surface area contributed by atoms with E-state index in [9.17, 15) is 14.7 Å². The second kappa shape index (κ2) is 17.7. The lowest BCUT2D eigenvalue weighted by molar-refractivity contribution is -0.276. The molecule has 4 aromatic carbocycles. The summed E-state index contributed by atoms with van der Waals surface area (Å²) in [4.78, 5) is 26.4. The summed E-state index contributed by atoms with van der Waals surface area (Å²) in [7, 11) is 3.33. The van der Waals surface area contributed by atoms with E-state index in [1.807, 2.05) is 72.8 Å². The standard InChI is InChI=1S/C42H49N3O8/c1-5-51-39(47)23-44-42(48)43-22-33-8-6-7-9-35(33)29-14-16-31(17-15-29)41-52-38(27(2)40(53-41)30-12-10-28(26-46)11-13-30)25-45-19-18-32-20-36(49-3)37(50-4)21-34(32)24-45/h6-17,20-21,27,38,40-41,46H,5,18-19,22-26H2,1-4H3,(H2,43,44,48)/t27-,38+,40+,41+/m0/s1. The first-order valence-corrected chi connectivity index (χ1v) is 18.1. The van der Waals surface area contributed by atoms with E-state index in [1.54, 1.807) is 21.1 Å². The van der Waals surface area contributed by atoms with Crippen molar-refractivity contribution in [1.82, 2.24) is 15.5 Å². The summed E-state index contributed by atoms with van der Waals surface area (Å²) in [5.41, 5.74) is 8.17. The first kappa shape index (κ1) is 37.8. The van der Waals surface area contributed by atoms with Crippen LogP contribution in [0.2, 0.25) is 0 Å². The number of ether oxygens (including phenoxy) is 5. The van der Waals surface area contributed by atoms with Crippen molar-refractivity contribution in [3.63, 3.8) is 0 Å². The number of urea groups is 1. The van der Waals surface area contributed by atoms with Gasteiger partial charge in [-0.05, 0) is 64.4 Å². The fourth-order valence-corrected chi connectivity index (χ4v) is 7.06. The van der Waals surface area contributed by atoms with E-state index in [4.69, 9.17) is 23.7 Å². The molecule has 2 aliphatic rings. The molecule has 53 heavy (non-hydrogen) atoms. The number of rotatable bonds is 13. The normalized spacial score (nSPS) is 19.9. The van der Waals surface area contributed by atoms with Gasteiger partial charge in [0.05, 0.1) is 39.6 Å². The Hall–Kier alpha value is -4.94. The van der Waals surface area contributed by atoms with Crippen LogP contribution >= 0.6 is 0 Å². The highest BCUT2D eigenvalue weighted by Crippen LogP contribution is 2.43. The molecule has 0 bridgehead atoms. The van der Waals surface area contributed by atoms with Crippen molar-refractivity contribution in [3.05, 3.63) is 118 Å². The molecule has 2 aliphatic heterocycles. The zero-order valence-corrected chi connectivity index (χ0v) is 30.8. The van der Waals surface area contributed by atoms with E-state index < -0.39 is 18.3 Å². The van der Waals surface area contributed by atoms with Gasteiger partial charge >= 0.3 is 12.0 Å². The Morgan fingerprint density at radius 1 is 0.887 bits per heavy atom. The highest BCUT2D eigenvalue weighted by molar-refractivity contribution is 5.81. The van der Waals surface area contributed by atoms with Crippen LogP contribution in [0.5, 0.6) is 11.5 Å². The number of hydrogen-bond acceptors (Lipinski definition) is 9. The van der Waals surface area contributed by atoms with Gasteiger partial charge < -0.3 is 39.4 Å². The molecule has 0 saturated carbocycles. The number of nitrogens with one attached hydrogen (secondary N) is 2. The minimum absolute atomic E-state index is 0.0168. The number of fused-ring (bicyclic) bond motifs is 1. The quantitative estimate of drug-likeness (QED) is 0.141. The number of methoxy groups -OCH3 is 2. The van der Waals surface area contributed by atoms with Gasteiger partial charge in [0.15, 0.2) is 17.8 Å². The van der Waals surface area contributed by atoms with Crippen LogP contribution in [0.15, 0.2) is 84.9 Å². The Morgan fingerprint density at radius 3 is 2.28 bits per heavy atom. The van der Waals surface area contributed by atoms with Crippen molar-refractivity contribution in [2.45, 2.75) is 58.5 Å². The number of amides is 2. The lowest BCUT2D eigenvalue weighted by Crippen LogP contribution is -2.45. The number of carbonyl (C=O) groups excluding carboxylic acids is 2. The van der Waals surface area contributed by atoms with Crippen LogP contribution < -0.4 is 20.1 Å². The second-order valence-corrected chi connectivity index (χ2v) is 13.4. The number of carbonyl (C=O) groups is 2. The van der Waals surface area contributed by atoms with E-state index in [2.05, 4.69) is 34.6 Å². The summed E-state index contributed by atoms with van der Waals surface area (Å²) < 4.78 is 29.6. The van der Waals surface area contributed by atoms with Crippen LogP contribution in [0.1, 0.15) is 59.6 Å². The number of aliphatic hydroxyl groups excluding tert-OH is 1. The van der Waals surface area contributed by atoms with Gasteiger partial charge in [-0.25, -0.2) is 4.79 Å². The molecule has 0 aromatic heterocycles. The molecule has 0 unspecified atom stereocenters. The van der Waals surface area contributed by atoms with Gasteiger partial charge in [0.1, 0.15) is 6.54 Å². The Balaban J connectivity index is 1.19. The third-order valence-electron chi connectivity index (χ3n) is 10.0. The van der Waals surface area contributed by atoms with Crippen molar-refractivity contribution >= 4 is 12.0 Å². The highest BCUT2D eigenvalue weighted by Gasteiger charge is 2.39. The summed E-state index contributed by atoms with van der Waals surface area (Å²) >= 11 is 0. The van der Waals surface area contributed by atoms with E-state index in [1.165, 1.54) is 11.1 Å². The molecule has 2 heterocycles.